The minimum Gasteiger partial charge on any atom is -0.310 e. The van der Waals surface area contributed by atoms with Crippen LogP contribution in [0.25, 0.3) is 11.4 Å². The van der Waals surface area contributed by atoms with Crippen LogP contribution in [0.3, 0.4) is 0 Å². The maximum atomic E-state index is 12.2. The van der Waals surface area contributed by atoms with Gasteiger partial charge in [0.1, 0.15) is 5.82 Å². The Morgan fingerprint density at radius 1 is 1.33 bits per heavy atom. The van der Waals surface area contributed by atoms with E-state index in [4.69, 9.17) is 0 Å². The van der Waals surface area contributed by atoms with E-state index < -0.39 is 0 Å². The lowest BCUT2D eigenvalue weighted by molar-refractivity contribution is -0.113. The van der Waals surface area contributed by atoms with Gasteiger partial charge in [0, 0.05) is 33.0 Å². The van der Waals surface area contributed by atoms with E-state index in [0.29, 0.717) is 5.82 Å². The number of rotatable bonds is 7. The van der Waals surface area contributed by atoms with Gasteiger partial charge in [-0.2, -0.15) is 0 Å². The predicted octanol–water partition coefficient (Wildman–Crippen LogP) is 4.92. The number of amides is 1. The Bertz CT molecular complexity index is 936. The second-order valence-electron chi connectivity index (χ2n) is 5.99. The van der Waals surface area contributed by atoms with Crippen LogP contribution in [-0.4, -0.2) is 31.4 Å². The van der Waals surface area contributed by atoms with Gasteiger partial charge in [-0.05, 0) is 53.9 Å². The number of pyridine rings is 1. The summed E-state index contributed by atoms with van der Waals surface area (Å²) in [6.45, 7) is 7.16. The lowest BCUT2D eigenvalue weighted by Gasteiger charge is -2.09. The van der Waals surface area contributed by atoms with Crippen molar-refractivity contribution in [2.45, 2.75) is 38.9 Å². The number of carbonyl (C=O) groups excluding carboxylic acids is 1. The molecule has 0 unspecified atom stereocenters. The molecule has 142 valence electrons. The first kappa shape index (κ1) is 20.0. The molecule has 0 aliphatic carbocycles. The summed E-state index contributed by atoms with van der Waals surface area (Å²) in [5.74, 6) is 1.53. The molecule has 0 saturated carbocycles. The van der Waals surface area contributed by atoms with E-state index in [9.17, 15) is 4.79 Å². The molecule has 1 amide bonds. The molecule has 3 heterocycles. The number of nitrogens with one attached hydrogen (secondary N) is 1. The van der Waals surface area contributed by atoms with E-state index in [0.717, 1.165) is 34.0 Å². The van der Waals surface area contributed by atoms with Crippen LogP contribution in [0.4, 0.5) is 5.82 Å². The number of halogens is 1. The summed E-state index contributed by atoms with van der Waals surface area (Å²) in [4.78, 5) is 17.7. The molecule has 0 bridgehead atoms. The average Bonchev–Trinajstić information content (AvgIpc) is 3.19. The van der Waals surface area contributed by atoms with Gasteiger partial charge in [0.05, 0.1) is 5.75 Å². The topological polar surface area (TPSA) is 72.7 Å². The lowest BCUT2D eigenvalue weighted by Crippen LogP contribution is -2.15. The van der Waals surface area contributed by atoms with E-state index >= 15 is 0 Å². The van der Waals surface area contributed by atoms with Gasteiger partial charge >= 0.3 is 0 Å². The van der Waals surface area contributed by atoms with Gasteiger partial charge in [-0.15, -0.1) is 21.5 Å². The van der Waals surface area contributed by atoms with E-state index in [2.05, 4.69) is 67.1 Å². The molecule has 9 heteroatoms. The average molecular weight is 466 g/mol. The number of carbonyl (C=O) groups is 1. The fourth-order valence-electron chi connectivity index (χ4n) is 2.51. The van der Waals surface area contributed by atoms with Gasteiger partial charge in [0.2, 0.25) is 5.91 Å². The summed E-state index contributed by atoms with van der Waals surface area (Å²) in [7, 11) is 0. The third-order valence-corrected chi connectivity index (χ3v) is 6.47. The second-order valence-corrected chi connectivity index (χ2v) is 8.93. The van der Waals surface area contributed by atoms with Crippen LogP contribution in [0, 0.1) is 13.8 Å². The SMILES string of the molecule is CCCn1c(SCC(=O)Nc2ccc(Br)cn2)nnc1-c1csc(C)c1C. The molecule has 0 aliphatic heterocycles. The minimum absolute atomic E-state index is 0.120. The highest BCUT2D eigenvalue weighted by molar-refractivity contribution is 9.10. The van der Waals surface area contributed by atoms with Crippen LogP contribution in [0.5, 0.6) is 0 Å². The van der Waals surface area contributed by atoms with E-state index in [1.54, 1.807) is 23.6 Å². The first-order chi connectivity index (χ1) is 13.0. The summed E-state index contributed by atoms with van der Waals surface area (Å²) < 4.78 is 2.97. The molecule has 0 fully saturated rings. The zero-order valence-corrected chi connectivity index (χ0v) is 18.5. The number of nitrogens with zero attached hydrogens (tertiary/aromatic N) is 4. The van der Waals surface area contributed by atoms with Crippen LogP contribution in [0.2, 0.25) is 0 Å². The van der Waals surface area contributed by atoms with Crippen molar-refractivity contribution in [2.75, 3.05) is 11.1 Å². The van der Waals surface area contributed by atoms with Crippen LogP contribution < -0.4 is 5.32 Å². The van der Waals surface area contributed by atoms with Gasteiger partial charge in [0.15, 0.2) is 11.0 Å². The smallest absolute Gasteiger partial charge is 0.236 e. The third kappa shape index (κ3) is 4.77. The third-order valence-electron chi connectivity index (χ3n) is 4.02. The fourth-order valence-corrected chi connectivity index (χ4v) is 4.38. The van der Waals surface area contributed by atoms with Crippen molar-refractivity contribution < 1.29 is 4.79 Å². The number of anilines is 1. The normalized spacial score (nSPS) is 11.0. The van der Waals surface area contributed by atoms with E-state index in [-0.39, 0.29) is 11.7 Å². The van der Waals surface area contributed by atoms with Gasteiger partial charge < -0.3 is 9.88 Å². The van der Waals surface area contributed by atoms with Crippen molar-refractivity contribution in [2.24, 2.45) is 0 Å². The van der Waals surface area contributed by atoms with Gasteiger partial charge in [0.25, 0.3) is 0 Å². The Balaban J connectivity index is 1.72. The minimum atomic E-state index is -0.120. The molecule has 3 aromatic heterocycles. The summed E-state index contributed by atoms with van der Waals surface area (Å²) in [6, 6.07) is 3.59. The molecule has 0 aliphatic rings. The summed E-state index contributed by atoms with van der Waals surface area (Å²) in [5.41, 5.74) is 2.36. The van der Waals surface area contributed by atoms with Crippen LogP contribution in [0.15, 0.2) is 33.3 Å². The quantitative estimate of drug-likeness (QED) is 0.501. The first-order valence-electron chi connectivity index (χ1n) is 8.52. The molecule has 0 spiro atoms. The van der Waals surface area contributed by atoms with Gasteiger partial charge in [-0.1, -0.05) is 18.7 Å². The highest BCUT2D eigenvalue weighted by Gasteiger charge is 2.18. The Kier molecular flexibility index (Phi) is 6.67. The number of hydrogen-bond acceptors (Lipinski definition) is 6. The Labute approximate surface area is 174 Å². The monoisotopic (exact) mass is 465 g/mol. The molecule has 0 aromatic carbocycles. The number of hydrogen-bond donors (Lipinski definition) is 1. The Morgan fingerprint density at radius 2 is 2.15 bits per heavy atom. The molecular weight excluding hydrogens is 446 g/mol. The molecular formula is C18H20BrN5OS2. The van der Waals surface area contributed by atoms with E-state index in [1.807, 2.05) is 6.07 Å². The van der Waals surface area contributed by atoms with Crippen molar-refractivity contribution in [3.63, 3.8) is 0 Å². The van der Waals surface area contributed by atoms with Crippen molar-refractivity contribution >= 4 is 50.8 Å². The van der Waals surface area contributed by atoms with E-state index in [1.165, 1.54) is 22.2 Å². The maximum absolute atomic E-state index is 12.2. The number of aryl methyl sites for hydroxylation is 1. The highest BCUT2D eigenvalue weighted by Crippen LogP contribution is 2.31. The van der Waals surface area contributed by atoms with Crippen molar-refractivity contribution in [3.8, 4) is 11.4 Å². The Hall–Kier alpha value is -1.71. The van der Waals surface area contributed by atoms with Crippen LogP contribution in [-0.2, 0) is 11.3 Å². The van der Waals surface area contributed by atoms with Crippen LogP contribution in [0.1, 0.15) is 23.8 Å². The first-order valence-corrected chi connectivity index (χ1v) is 11.2. The Morgan fingerprint density at radius 3 is 2.78 bits per heavy atom. The van der Waals surface area contributed by atoms with Crippen molar-refractivity contribution in [1.82, 2.24) is 19.7 Å². The predicted molar refractivity (Wildman–Crippen MR) is 114 cm³/mol. The molecule has 1 N–H and O–H groups in total. The zero-order chi connectivity index (χ0) is 19.4. The summed E-state index contributed by atoms with van der Waals surface area (Å²) >= 11 is 6.44. The molecule has 3 rings (SSSR count). The summed E-state index contributed by atoms with van der Waals surface area (Å²) in [5, 5.41) is 14.4. The zero-order valence-electron chi connectivity index (χ0n) is 15.3. The highest BCUT2D eigenvalue weighted by atomic mass is 79.9. The van der Waals surface area contributed by atoms with Gasteiger partial charge in [-0.25, -0.2) is 4.98 Å². The maximum Gasteiger partial charge on any atom is 0.236 e. The number of thiophene rings is 1. The number of thioether (sulfide) groups is 1. The standard InChI is InChI=1S/C18H20BrN5OS2/c1-4-7-24-17(14-9-26-12(3)11(14)2)22-23-18(24)27-10-16(25)21-15-6-5-13(19)8-20-15/h5-6,8-9H,4,7,10H2,1-3H3,(H,20,21,25). The molecule has 27 heavy (non-hydrogen) atoms. The van der Waals surface area contributed by atoms with Gasteiger partial charge in [-0.3, -0.25) is 4.79 Å². The molecule has 3 aromatic rings. The van der Waals surface area contributed by atoms with Crippen molar-refractivity contribution in [1.29, 1.82) is 0 Å². The fraction of sp³-hybridized carbons (Fsp3) is 0.333. The molecule has 0 atom stereocenters. The molecule has 6 nitrogen and oxygen atoms in total. The van der Waals surface area contributed by atoms with Crippen molar-refractivity contribution in [3.05, 3.63) is 38.6 Å². The number of aromatic nitrogens is 4. The largest absolute Gasteiger partial charge is 0.310 e. The molecule has 0 saturated heterocycles. The van der Waals surface area contributed by atoms with Crippen LogP contribution >= 0.6 is 39.0 Å². The summed E-state index contributed by atoms with van der Waals surface area (Å²) in [6.07, 6.45) is 2.62. The second kappa shape index (κ2) is 8.99. The molecule has 0 radical (unpaired) electrons. The lowest BCUT2D eigenvalue weighted by atomic mass is 10.1.